The zero-order valence-electron chi connectivity index (χ0n) is 11.7. The van der Waals surface area contributed by atoms with Gasteiger partial charge in [0.05, 0.1) is 11.6 Å². The monoisotopic (exact) mass is 275 g/mol. The molecule has 0 heterocycles. The number of carbonyl (C=O) groups excluding carboxylic acids is 1. The molecule has 1 rings (SSSR count). The number of hydrogen-bond donors (Lipinski definition) is 2. The van der Waals surface area contributed by atoms with Gasteiger partial charge in [0.25, 0.3) is 0 Å². The van der Waals surface area contributed by atoms with Crippen molar-refractivity contribution in [3.8, 4) is 6.07 Å². The highest BCUT2D eigenvalue weighted by Crippen LogP contribution is 2.16. The normalized spacial score (nSPS) is 10.5. The van der Waals surface area contributed by atoms with E-state index in [1.165, 1.54) is 4.90 Å². The molecule has 0 aliphatic carbocycles. The minimum absolute atomic E-state index is 0.383. The number of nitrogens with one attached hydrogen (secondary N) is 1. The number of anilines is 1. The number of urea groups is 1. The smallest absolute Gasteiger partial charge is 0.323 e. The molecule has 6 nitrogen and oxygen atoms in total. The number of carboxylic acids is 1. The van der Waals surface area contributed by atoms with E-state index in [0.717, 1.165) is 0 Å². The molecule has 1 aromatic carbocycles. The minimum atomic E-state index is -1.07. The average Bonchev–Trinajstić information content (AvgIpc) is 2.35. The Morgan fingerprint density at radius 2 is 1.85 bits per heavy atom. The third kappa shape index (κ3) is 4.28. The van der Waals surface area contributed by atoms with Crippen LogP contribution in [0.1, 0.15) is 26.3 Å². The SMILES string of the molecule is CC(C)(C)N(CC(=O)O)C(=O)Nc1ccc(C#N)cc1. The molecule has 2 N–H and O–H groups in total. The second-order valence-corrected chi connectivity index (χ2v) is 5.27. The van der Waals surface area contributed by atoms with Crippen molar-refractivity contribution in [1.82, 2.24) is 4.90 Å². The molecule has 0 bridgehead atoms. The van der Waals surface area contributed by atoms with Gasteiger partial charge in [-0.05, 0) is 45.0 Å². The molecule has 6 heteroatoms. The number of nitriles is 1. The van der Waals surface area contributed by atoms with Gasteiger partial charge in [0.2, 0.25) is 0 Å². The van der Waals surface area contributed by atoms with E-state index in [4.69, 9.17) is 10.4 Å². The topological polar surface area (TPSA) is 93.4 Å². The van der Waals surface area contributed by atoms with Crippen molar-refractivity contribution >= 4 is 17.7 Å². The van der Waals surface area contributed by atoms with Gasteiger partial charge in [-0.25, -0.2) is 4.79 Å². The number of carboxylic acid groups (broad SMARTS) is 1. The molecule has 0 spiro atoms. The van der Waals surface area contributed by atoms with Gasteiger partial charge < -0.3 is 15.3 Å². The van der Waals surface area contributed by atoms with Crippen molar-refractivity contribution in [3.05, 3.63) is 29.8 Å². The van der Waals surface area contributed by atoms with Crippen molar-refractivity contribution in [2.24, 2.45) is 0 Å². The Kier molecular flexibility index (Phi) is 4.70. The van der Waals surface area contributed by atoms with E-state index < -0.39 is 17.5 Å². The molecule has 0 aliphatic rings. The summed E-state index contributed by atoms with van der Waals surface area (Å²) in [5, 5.41) is 20.2. The summed E-state index contributed by atoms with van der Waals surface area (Å²) in [6.07, 6.45) is 0. The Bertz CT molecular complexity index is 538. The summed E-state index contributed by atoms with van der Waals surface area (Å²) in [7, 11) is 0. The first-order valence-electron chi connectivity index (χ1n) is 6.04. The summed E-state index contributed by atoms with van der Waals surface area (Å²) in [5.41, 5.74) is 0.379. The zero-order valence-corrected chi connectivity index (χ0v) is 11.7. The van der Waals surface area contributed by atoms with E-state index >= 15 is 0 Å². The first-order valence-corrected chi connectivity index (χ1v) is 6.04. The summed E-state index contributed by atoms with van der Waals surface area (Å²) >= 11 is 0. The van der Waals surface area contributed by atoms with Crippen LogP contribution in [0.4, 0.5) is 10.5 Å². The van der Waals surface area contributed by atoms with E-state index in [1.54, 1.807) is 45.0 Å². The number of hydrogen-bond acceptors (Lipinski definition) is 3. The molecule has 0 radical (unpaired) electrons. The van der Waals surface area contributed by atoms with Crippen molar-refractivity contribution in [3.63, 3.8) is 0 Å². The fourth-order valence-corrected chi connectivity index (χ4v) is 1.57. The standard InChI is InChI=1S/C14H17N3O3/c1-14(2,3)17(9-12(18)19)13(20)16-11-6-4-10(8-15)5-7-11/h4-7H,9H2,1-3H3,(H,16,20)(H,18,19). The van der Waals surface area contributed by atoms with Crippen LogP contribution in [-0.4, -0.2) is 34.1 Å². The predicted molar refractivity (Wildman–Crippen MR) is 74.3 cm³/mol. The fourth-order valence-electron chi connectivity index (χ4n) is 1.57. The largest absolute Gasteiger partial charge is 0.480 e. The van der Waals surface area contributed by atoms with E-state index in [2.05, 4.69) is 5.32 Å². The van der Waals surface area contributed by atoms with Gasteiger partial charge in [-0.15, -0.1) is 0 Å². The van der Waals surface area contributed by atoms with Crippen molar-refractivity contribution < 1.29 is 14.7 Å². The highest BCUT2D eigenvalue weighted by atomic mass is 16.4. The molecule has 106 valence electrons. The van der Waals surface area contributed by atoms with Crippen molar-refractivity contribution in [2.45, 2.75) is 26.3 Å². The third-order valence-electron chi connectivity index (χ3n) is 2.61. The molecule has 2 amide bonds. The van der Waals surface area contributed by atoms with Crippen LogP contribution in [0.5, 0.6) is 0 Å². The molecule has 0 unspecified atom stereocenters. The summed E-state index contributed by atoms with van der Waals surface area (Å²) in [6.45, 7) is 4.89. The highest BCUT2D eigenvalue weighted by Gasteiger charge is 2.28. The third-order valence-corrected chi connectivity index (χ3v) is 2.61. The lowest BCUT2D eigenvalue weighted by molar-refractivity contribution is -0.138. The minimum Gasteiger partial charge on any atom is -0.480 e. The molecule has 0 saturated heterocycles. The number of benzene rings is 1. The molecular formula is C14H17N3O3. The van der Waals surface area contributed by atoms with Gasteiger partial charge in [0.1, 0.15) is 6.54 Å². The van der Waals surface area contributed by atoms with Gasteiger partial charge in [0, 0.05) is 11.2 Å². The number of carbonyl (C=O) groups is 2. The van der Waals surface area contributed by atoms with Crippen LogP contribution in [0.25, 0.3) is 0 Å². The molecule has 0 saturated carbocycles. The lowest BCUT2D eigenvalue weighted by Crippen LogP contribution is -2.50. The Balaban J connectivity index is 2.85. The number of nitrogens with zero attached hydrogens (tertiary/aromatic N) is 2. The van der Waals surface area contributed by atoms with Crippen LogP contribution in [0, 0.1) is 11.3 Å². The van der Waals surface area contributed by atoms with Crippen LogP contribution in [0.2, 0.25) is 0 Å². The molecule has 1 aromatic rings. The molecule has 0 atom stereocenters. The molecule has 0 aliphatic heterocycles. The van der Waals surface area contributed by atoms with Crippen LogP contribution >= 0.6 is 0 Å². The van der Waals surface area contributed by atoms with E-state index in [-0.39, 0.29) is 6.54 Å². The first-order chi connectivity index (χ1) is 9.24. The molecule has 0 fully saturated rings. The van der Waals surface area contributed by atoms with Gasteiger partial charge in [-0.1, -0.05) is 0 Å². The maximum absolute atomic E-state index is 12.1. The quantitative estimate of drug-likeness (QED) is 0.884. The summed E-state index contributed by atoms with van der Waals surface area (Å²) in [4.78, 5) is 24.2. The first kappa shape index (κ1) is 15.5. The van der Waals surface area contributed by atoms with Crippen LogP contribution in [0.15, 0.2) is 24.3 Å². The Labute approximate surface area is 117 Å². The van der Waals surface area contributed by atoms with Crippen LogP contribution in [-0.2, 0) is 4.79 Å². The van der Waals surface area contributed by atoms with Crippen LogP contribution < -0.4 is 5.32 Å². The maximum Gasteiger partial charge on any atom is 0.323 e. The van der Waals surface area contributed by atoms with E-state index in [1.807, 2.05) is 6.07 Å². The molecule has 20 heavy (non-hydrogen) atoms. The fraction of sp³-hybridized carbons (Fsp3) is 0.357. The number of aliphatic carboxylic acids is 1. The Morgan fingerprint density at radius 3 is 2.25 bits per heavy atom. The second kappa shape index (κ2) is 6.06. The van der Waals surface area contributed by atoms with Crippen molar-refractivity contribution in [2.75, 3.05) is 11.9 Å². The summed E-state index contributed by atoms with van der Waals surface area (Å²) in [5.74, 6) is -1.07. The van der Waals surface area contributed by atoms with E-state index in [9.17, 15) is 9.59 Å². The van der Waals surface area contributed by atoms with Gasteiger partial charge in [0.15, 0.2) is 0 Å². The number of amides is 2. The van der Waals surface area contributed by atoms with Gasteiger partial charge in [-0.3, -0.25) is 4.79 Å². The summed E-state index contributed by atoms with van der Waals surface area (Å²) < 4.78 is 0. The van der Waals surface area contributed by atoms with E-state index in [0.29, 0.717) is 11.3 Å². The maximum atomic E-state index is 12.1. The van der Waals surface area contributed by atoms with Crippen molar-refractivity contribution in [1.29, 1.82) is 5.26 Å². The highest BCUT2D eigenvalue weighted by molar-refractivity contribution is 5.91. The van der Waals surface area contributed by atoms with Gasteiger partial charge in [-0.2, -0.15) is 5.26 Å². The Hall–Kier alpha value is -2.55. The number of rotatable bonds is 3. The molecular weight excluding hydrogens is 258 g/mol. The second-order valence-electron chi connectivity index (χ2n) is 5.27. The predicted octanol–water partition coefficient (Wildman–Crippen LogP) is 2.28. The lowest BCUT2D eigenvalue weighted by atomic mass is 10.1. The lowest BCUT2D eigenvalue weighted by Gasteiger charge is -2.34. The zero-order chi connectivity index (χ0) is 15.3. The molecule has 0 aromatic heterocycles. The average molecular weight is 275 g/mol. The van der Waals surface area contributed by atoms with Crippen LogP contribution in [0.3, 0.4) is 0 Å². The Morgan fingerprint density at radius 1 is 1.30 bits per heavy atom. The summed E-state index contributed by atoms with van der Waals surface area (Å²) in [6, 6.07) is 7.83. The van der Waals surface area contributed by atoms with Gasteiger partial charge >= 0.3 is 12.0 Å².